The summed E-state index contributed by atoms with van der Waals surface area (Å²) in [6.45, 7) is 0. The molecule has 1 aromatic heterocycles. The molecule has 0 unspecified atom stereocenters. The SMILES string of the molecule is CN(C)c1nc(N[C@H]2CC[C@@H](NC(=O)Cc3ccc(Br)cc3OC(F)(F)F)CC2)nc2ccccc12. The van der Waals surface area contributed by atoms with Gasteiger partial charge in [-0.1, -0.05) is 34.1 Å². The number of alkyl halides is 3. The van der Waals surface area contributed by atoms with Crippen molar-refractivity contribution in [3.05, 3.63) is 52.5 Å². The molecule has 36 heavy (non-hydrogen) atoms. The Morgan fingerprint density at radius 2 is 1.78 bits per heavy atom. The van der Waals surface area contributed by atoms with Crippen molar-refractivity contribution in [1.82, 2.24) is 15.3 Å². The van der Waals surface area contributed by atoms with Crippen molar-refractivity contribution in [3.63, 3.8) is 0 Å². The van der Waals surface area contributed by atoms with Gasteiger partial charge in [0.2, 0.25) is 11.9 Å². The molecule has 3 aromatic rings. The van der Waals surface area contributed by atoms with E-state index >= 15 is 0 Å². The fourth-order valence-corrected chi connectivity index (χ4v) is 4.72. The first kappa shape index (κ1) is 26.0. The van der Waals surface area contributed by atoms with E-state index in [1.165, 1.54) is 12.1 Å². The molecular weight excluding hydrogens is 539 g/mol. The van der Waals surface area contributed by atoms with Gasteiger partial charge in [-0.05, 0) is 49.9 Å². The van der Waals surface area contributed by atoms with Crippen LogP contribution in [0, 0.1) is 0 Å². The quantitative estimate of drug-likeness (QED) is 0.397. The van der Waals surface area contributed by atoms with Crippen LogP contribution in [0.25, 0.3) is 10.9 Å². The van der Waals surface area contributed by atoms with Crippen LogP contribution < -0.4 is 20.3 Å². The summed E-state index contributed by atoms with van der Waals surface area (Å²) in [5.74, 6) is 0.685. The maximum Gasteiger partial charge on any atom is 0.573 e. The molecule has 0 spiro atoms. The van der Waals surface area contributed by atoms with Gasteiger partial charge in [0.1, 0.15) is 11.6 Å². The number of halogens is 4. The fraction of sp³-hybridized carbons (Fsp3) is 0.400. The average molecular weight is 566 g/mol. The van der Waals surface area contributed by atoms with Gasteiger partial charge >= 0.3 is 6.36 Å². The molecule has 0 atom stereocenters. The minimum Gasteiger partial charge on any atom is -0.405 e. The number of ether oxygens (including phenoxy) is 1. The number of para-hydroxylation sites is 1. The molecule has 11 heteroatoms. The zero-order valence-corrected chi connectivity index (χ0v) is 21.5. The van der Waals surface area contributed by atoms with Crippen LogP contribution in [-0.4, -0.2) is 48.4 Å². The minimum absolute atomic E-state index is 0.0483. The number of amides is 1. The van der Waals surface area contributed by atoms with Gasteiger partial charge in [0.15, 0.2) is 0 Å². The van der Waals surface area contributed by atoms with Gasteiger partial charge in [-0.15, -0.1) is 13.2 Å². The smallest absolute Gasteiger partial charge is 0.405 e. The van der Waals surface area contributed by atoms with E-state index in [1.807, 2.05) is 43.3 Å². The Morgan fingerprint density at radius 3 is 2.47 bits per heavy atom. The third kappa shape index (κ3) is 6.77. The van der Waals surface area contributed by atoms with Crippen molar-refractivity contribution in [3.8, 4) is 5.75 Å². The number of rotatable bonds is 7. The number of hydrogen-bond donors (Lipinski definition) is 2. The highest BCUT2D eigenvalue weighted by molar-refractivity contribution is 9.10. The average Bonchev–Trinajstić information content (AvgIpc) is 2.80. The van der Waals surface area contributed by atoms with Crippen LogP contribution in [0.2, 0.25) is 0 Å². The molecule has 0 saturated heterocycles. The summed E-state index contributed by atoms with van der Waals surface area (Å²) in [6, 6.07) is 12.2. The molecule has 0 bridgehead atoms. The number of hydrogen-bond acceptors (Lipinski definition) is 6. The summed E-state index contributed by atoms with van der Waals surface area (Å²) in [6.07, 6.45) is -1.94. The Labute approximate surface area is 215 Å². The molecule has 2 N–H and O–H groups in total. The maximum atomic E-state index is 12.7. The maximum absolute atomic E-state index is 12.7. The zero-order valence-electron chi connectivity index (χ0n) is 19.9. The van der Waals surface area contributed by atoms with Crippen molar-refractivity contribution in [2.24, 2.45) is 0 Å². The second-order valence-corrected chi connectivity index (χ2v) is 9.94. The van der Waals surface area contributed by atoms with E-state index in [0.717, 1.165) is 42.4 Å². The summed E-state index contributed by atoms with van der Waals surface area (Å²) < 4.78 is 42.7. The monoisotopic (exact) mass is 565 g/mol. The summed E-state index contributed by atoms with van der Waals surface area (Å²) in [4.78, 5) is 23.9. The Hall–Kier alpha value is -3.08. The number of fused-ring (bicyclic) bond motifs is 1. The van der Waals surface area contributed by atoms with Gasteiger partial charge in [0, 0.05) is 41.6 Å². The molecule has 2 aromatic carbocycles. The van der Waals surface area contributed by atoms with Crippen molar-refractivity contribution in [1.29, 1.82) is 0 Å². The Bertz CT molecular complexity index is 1230. The number of carbonyl (C=O) groups is 1. The highest BCUT2D eigenvalue weighted by atomic mass is 79.9. The second-order valence-electron chi connectivity index (χ2n) is 9.02. The molecule has 4 rings (SSSR count). The minimum atomic E-state index is -4.83. The molecule has 7 nitrogen and oxygen atoms in total. The largest absolute Gasteiger partial charge is 0.573 e. The molecule has 1 fully saturated rings. The molecule has 1 aliphatic carbocycles. The molecular formula is C25H27BrF3N5O2. The summed E-state index contributed by atoms with van der Waals surface area (Å²) >= 11 is 3.14. The number of carbonyl (C=O) groups excluding carboxylic acids is 1. The molecule has 1 heterocycles. The van der Waals surface area contributed by atoms with E-state index in [-0.39, 0.29) is 35.7 Å². The van der Waals surface area contributed by atoms with Crippen LogP contribution in [0.5, 0.6) is 5.75 Å². The Kier molecular flexibility index (Phi) is 7.87. The third-order valence-corrected chi connectivity index (χ3v) is 6.53. The predicted octanol–water partition coefficient (Wildman–Crippen LogP) is 5.44. The summed E-state index contributed by atoms with van der Waals surface area (Å²) in [5, 5.41) is 7.36. The molecule has 0 aliphatic heterocycles. The van der Waals surface area contributed by atoms with E-state index in [2.05, 4.69) is 41.3 Å². The van der Waals surface area contributed by atoms with E-state index in [4.69, 9.17) is 0 Å². The molecule has 192 valence electrons. The van der Waals surface area contributed by atoms with E-state index in [0.29, 0.717) is 10.4 Å². The fourth-order valence-electron chi connectivity index (χ4n) is 4.38. The molecule has 1 aliphatic rings. The topological polar surface area (TPSA) is 79.4 Å². The number of anilines is 2. The Balaban J connectivity index is 1.33. The van der Waals surface area contributed by atoms with Gasteiger partial charge in [-0.25, -0.2) is 4.98 Å². The predicted molar refractivity (Wildman–Crippen MR) is 136 cm³/mol. The third-order valence-electron chi connectivity index (χ3n) is 6.04. The second kappa shape index (κ2) is 10.9. The standard InChI is InChI=1S/C25H27BrF3N5O2/c1-34(2)23-19-5-3-4-6-20(19)32-24(33-23)31-18-11-9-17(10-12-18)30-22(35)13-15-7-8-16(26)14-21(15)36-25(27,28)29/h3-8,14,17-18H,9-13H2,1-2H3,(H,30,35)(H,31,32,33)/t17-,18+. The lowest BCUT2D eigenvalue weighted by Crippen LogP contribution is -2.41. The number of nitrogens with one attached hydrogen (secondary N) is 2. The Morgan fingerprint density at radius 1 is 1.08 bits per heavy atom. The van der Waals surface area contributed by atoms with Gasteiger partial charge in [0.25, 0.3) is 0 Å². The van der Waals surface area contributed by atoms with E-state index in [9.17, 15) is 18.0 Å². The molecule has 1 saturated carbocycles. The molecule has 0 radical (unpaired) electrons. The number of benzene rings is 2. The van der Waals surface area contributed by atoms with Crippen LogP contribution in [0.15, 0.2) is 46.9 Å². The lowest BCUT2D eigenvalue weighted by Gasteiger charge is -2.30. The lowest BCUT2D eigenvalue weighted by atomic mass is 9.91. The first-order chi connectivity index (χ1) is 17.1. The van der Waals surface area contributed by atoms with Crippen LogP contribution in [0.1, 0.15) is 31.2 Å². The van der Waals surface area contributed by atoms with Gasteiger partial charge < -0.3 is 20.3 Å². The number of nitrogens with zero attached hydrogens (tertiary/aromatic N) is 3. The van der Waals surface area contributed by atoms with Crippen LogP contribution in [0.3, 0.4) is 0 Å². The van der Waals surface area contributed by atoms with E-state index < -0.39 is 6.36 Å². The van der Waals surface area contributed by atoms with Gasteiger partial charge in [-0.3, -0.25) is 4.79 Å². The lowest BCUT2D eigenvalue weighted by molar-refractivity contribution is -0.274. The van der Waals surface area contributed by atoms with Gasteiger partial charge in [0.05, 0.1) is 11.9 Å². The first-order valence-electron chi connectivity index (χ1n) is 11.6. The van der Waals surface area contributed by atoms with Crippen LogP contribution >= 0.6 is 15.9 Å². The van der Waals surface area contributed by atoms with Crippen molar-refractivity contribution >= 4 is 44.5 Å². The normalized spacial score (nSPS) is 18.1. The zero-order chi connectivity index (χ0) is 25.9. The number of aromatic nitrogens is 2. The molecule has 1 amide bonds. The highest BCUT2D eigenvalue weighted by Gasteiger charge is 2.32. The van der Waals surface area contributed by atoms with Gasteiger partial charge in [-0.2, -0.15) is 4.98 Å². The van der Waals surface area contributed by atoms with Crippen LogP contribution in [0.4, 0.5) is 24.9 Å². The highest BCUT2D eigenvalue weighted by Crippen LogP contribution is 2.30. The van der Waals surface area contributed by atoms with Crippen molar-refractivity contribution in [2.45, 2.75) is 50.6 Å². The van der Waals surface area contributed by atoms with E-state index in [1.54, 1.807) is 6.07 Å². The van der Waals surface area contributed by atoms with Crippen molar-refractivity contribution < 1.29 is 22.7 Å². The van der Waals surface area contributed by atoms with Crippen molar-refractivity contribution in [2.75, 3.05) is 24.3 Å². The first-order valence-corrected chi connectivity index (χ1v) is 12.4. The summed E-state index contributed by atoms with van der Waals surface area (Å²) in [5.41, 5.74) is 1.04. The van der Waals surface area contributed by atoms with Crippen LogP contribution in [-0.2, 0) is 11.2 Å². The summed E-state index contributed by atoms with van der Waals surface area (Å²) in [7, 11) is 3.89.